The fraction of sp³-hybridized carbons (Fsp3) is 0.474. The van der Waals surface area contributed by atoms with E-state index >= 15 is 0 Å². The van der Waals surface area contributed by atoms with Gasteiger partial charge in [-0.1, -0.05) is 30.3 Å². The number of nitrogens with zero attached hydrogens (tertiary/aromatic N) is 4. The summed E-state index contributed by atoms with van der Waals surface area (Å²) in [5.41, 5.74) is 2.46. The maximum atomic E-state index is 12.5. The molecule has 4 rings (SSSR count). The number of fused-ring (bicyclic) bond motifs is 1. The average molecular weight is 324 g/mol. The van der Waals surface area contributed by atoms with Crippen LogP contribution in [0.15, 0.2) is 42.7 Å². The molecule has 2 fully saturated rings. The molecule has 2 atom stereocenters. The fourth-order valence-corrected chi connectivity index (χ4v) is 4.09. The van der Waals surface area contributed by atoms with Crippen LogP contribution in [0.1, 0.15) is 30.9 Å². The first-order valence-electron chi connectivity index (χ1n) is 8.83. The molecule has 2 aliphatic rings. The van der Waals surface area contributed by atoms with Crippen LogP contribution in [0.25, 0.3) is 0 Å². The van der Waals surface area contributed by atoms with Crippen LogP contribution in [-0.4, -0.2) is 44.1 Å². The molecule has 0 unspecified atom stereocenters. The highest BCUT2D eigenvalue weighted by atomic mass is 16.2. The van der Waals surface area contributed by atoms with Gasteiger partial charge in [0.25, 0.3) is 0 Å². The zero-order chi connectivity index (χ0) is 16.5. The van der Waals surface area contributed by atoms with Gasteiger partial charge in [0.2, 0.25) is 5.91 Å². The van der Waals surface area contributed by atoms with Crippen molar-refractivity contribution in [3.05, 3.63) is 53.9 Å². The molecule has 5 nitrogen and oxygen atoms in total. The second-order valence-corrected chi connectivity index (χ2v) is 6.81. The van der Waals surface area contributed by atoms with E-state index in [-0.39, 0.29) is 0 Å². The van der Waals surface area contributed by atoms with Gasteiger partial charge in [0.1, 0.15) is 0 Å². The molecule has 0 spiro atoms. The van der Waals surface area contributed by atoms with Crippen molar-refractivity contribution < 1.29 is 4.79 Å². The summed E-state index contributed by atoms with van der Waals surface area (Å²) in [6.45, 7) is 5.69. The number of hydrogen-bond donors (Lipinski definition) is 0. The summed E-state index contributed by atoms with van der Waals surface area (Å²) in [4.78, 5) is 17.1. The highest BCUT2D eigenvalue weighted by Crippen LogP contribution is 2.34. The Morgan fingerprint density at radius 1 is 1.12 bits per heavy atom. The van der Waals surface area contributed by atoms with Gasteiger partial charge in [-0.2, -0.15) is 5.10 Å². The van der Waals surface area contributed by atoms with Crippen LogP contribution >= 0.6 is 0 Å². The number of likely N-dealkylation sites (tertiary alicyclic amines) is 2. The molecule has 1 aromatic carbocycles. The number of aromatic nitrogens is 2. The van der Waals surface area contributed by atoms with Crippen LogP contribution in [-0.2, 0) is 24.4 Å². The largest absolute Gasteiger partial charge is 0.334 e. The average Bonchev–Trinajstić information content (AvgIpc) is 3.28. The summed E-state index contributed by atoms with van der Waals surface area (Å²) >= 11 is 0. The highest BCUT2D eigenvalue weighted by Gasteiger charge is 2.46. The highest BCUT2D eigenvalue weighted by molar-refractivity contribution is 5.80. The quantitative estimate of drug-likeness (QED) is 0.847. The lowest BCUT2D eigenvalue weighted by Crippen LogP contribution is -2.36. The standard InChI is InChI=1S/C19H24N4O/c1-2-22-13-16(11-20-22)12-21-9-8-17-18(21)10-19(24)23(17)14-15-6-4-3-5-7-15/h3-7,11,13,17-18H,2,8-10,12,14H2,1H3/t17-,18-/m0/s1. The summed E-state index contributed by atoms with van der Waals surface area (Å²) in [6.07, 6.45) is 5.80. The number of amides is 1. The number of hydrogen-bond acceptors (Lipinski definition) is 3. The molecule has 2 aromatic rings. The molecule has 24 heavy (non-hydrogen) atoms. The monoisotopic (exact) mass is 324 g/mol. The number of carbonyl (C=O) groups excluding carboxylic acids is 1. The molecule has 0 saturated carbocycles. The fourth-order valence-electron chi connectivity index (χ4n) is 4.09. The van der Waals surface area contributed by atoms with Crippen molar-refractivity contribution in [2.45, 2.75) is 51.5 Å². The Hall–Kier alpha value is -2.14. The van der Waals surface area contributed by atoms with Crippen LogP contribution in [0.2, 0.25) is 0 Å². The van der Waals surface area contributed by atoms with E-state index in [9.17, 15) is 4.79 Å². The molecule has 3 heterocycles. The summed E-state index contributed by atoms with van der Waals surface area (Å²) in [6, 6.07) is 11.0. The first kappa shape index (κ1) is 15.4. The predicted molar refractivity (Wildman–Crippen MR) is 92.1 cm³/mol. The van der Waals surface area contributed by atoms with Gasteiger partial charge >= 0.3 is 0 Å². The van der Waals surface area contributed by atoms with Crippen LogP contribution in [0, 0.1) is 0 Å². The van der Waals surface area contributed by atoms with Crippen molar-refractivity contribution in [1.82, 2.24) is 19.6 Å². The summed E-state index contributed by atoms with van der Waals surface area (Å²) < 4.78 is 1.96. The molecule has 2 saturated heterocycles. The Bertz CT molecular complexity index is 711. The van der Waals surface area contributed by atoms with Gasteiger partial charge in [-0.15, -0.1) is 0 Å². The van der Waals surface area contributed by atoms with E-state index in [4.69, 9.17) is 0 Å². The second-order valence-electron chi connectivity index (χ2n) is 6.81. The zero-order valence-corrected chi connectivity index (χ0v) is 14.1. The number of carbonyl (C=O) groups is 1. The molecule has 0 bridgehead atoms. The zero-order valence-electron chi connectivity index (χ0n) is 14.1. The van der Waals surface area contributed by atoms with E-state index in [2.05, 4.69) is 40.2 Å². The van der Waals surface area contributed by atoms with Gasteiger partial charge in [-0.25, -0.2) is 0 Å². The molecular weight excluding hydrogens is 300 g/mol. The smallest absolute Gasteiger partial charge is 0.224 e. The van der Waals surface area contributed by atoms with Crippen LogP contribution in [0.3, 0.4) is 0 Å². The van der Waals surface area contributed by atoms with Crippen molar-refractivity contribution in [2.75, 3.05) is 6.54 Å². The van der Waals surface area contributed by atoms with Crippen LogP contribution in [0.4, 0.5) is 0 Å². The molecular formula is C19H24N4O. The third-order valence-electron chi connectivity index (χ3n) is 5.32. The lowest BCUT2D eigenvalue weighted by molar-refractivity contribution is -0.129. The number of benzene rings is 1. The molecule has 2 aliphatic heterocycles. The summed E-state index contributed by atoms with van der Waals surface area (Å²) in [7, 11) is 0. The second kappa shape index (κ2) is 6.40. The third kappa shape index (κ3) is 2.84. The van der Waals surface area contributed by atoms with Gasteiger partial charge in [0, 0.05) is 56.4 Å². The molecule has 1 amide bonds. The van der Waals surface area contributed by atoms with Crippen LogP contribution in [0.5, 0.6) is 0 Å². The van der Waals surface area contributed by atoms with Crippen molar-refractivity contribution in [1.29, 1.82) is 0 Å². The molecule has 1 aromatic heterocycles. The van der Waals surface area contributed by atoms with E-state index in [0.717, 1.165) is 32.6 Å². The maximum Gasteiger partial charge on any atom is 0.224 e. The Kier molecular flexibility index (Phi) is 4.10. The van der Waals surface area contributed by atoms with Gasteiger partial charge < -0.3 is 4.90 Å². The van der Waals surface area contributed by atoms with E-state index in [0.29, 0.717) is 24.4 Å². The van der Waals surface area contributed by atoms with Gasteiger partial charge in [-0.3, -0.25) is 14.4 Å². The molecule has 0 radical (unpaired) electrons. The van der Waals surface area contributed by atoms with Gasteiger partial charge in [0.05, 0.1) is 6.20 Å². The minimum absolute atomic E-state index is 0.294. The minimum Gasteiger partial charge on any atom is -0.334 e. The minimum atomic E-state index is 0.294. The summed E-state index contributed by atoms with van der Waals surface area (Å²) in [5, 5.41) is 4.36. The number of rotatable bonds is 5. The number of aryl methyl sites for hydroxylation is 1. The van der Waals surface area contributed by atoms with Crippen molar-refractivity contribution in [2.24, 2.45) is 0 Å². The summed E-state index contributed by atoms with van der Waals surface area (Å²) in [5.74, 6) is 0.294. The van der Waals surface area contributed by atoms with E-state index in [1.54, 1.807) is 0 Å². The Balaban J connectivity index is 1.44. The van der Waals surface area contributed by atoms with Gasteiger partial charge in [-0.05, 0) is 18.9 Å². The topological polar surface area (TPSA) is 41.4 Å². The van der Waals surface area contributed by atoms with Crippen molar-refractivity contribution in [3.8, 4) is 0 Å². The molecule has 0 aliphatic carbocycles. The SMILES string of the molecule is CCn1cc(CN2CC[C@H]3[C@@H]2CC(=O)N3Cc2ccccc2)cn1. The Morgan fingerprint density at radius 3 is 2.71 bits per heavy atom. The van der Waals surface area contributed by atoms with E-state index < -0.39 is 0 Å². The predicted octanol–water partition coefficient (Wildman–Crippen LogP) is 2.28. The molecule has 5 heteroatoms. The molecule has 126 valence electrons. The van der Waals surface area contributed by atoms with Crippen molar-refractivity contribution >= 4 is 5.91 Å². The van der Waals surface area contributed by atoms with Crippen molar-refractivity contribution in [3.63, 3.8) is 0 Å². The maximum absolute atomic E-state index is 12.5. The first-order valence-corrected chi connectivity index (χ1v) is 8.83. The normalized spacial score (nSPS) is 23.9. The van der Waals surface area contributed by atoms with Crippen LogP contribution < -0.4 is 0 Å². The Morgan fingerprint density at radius 2 is 1.96 bits per heavy atom. The third-order valence-corrected chi connectivity index (χ3v) is 5.32. The Labute approximate surface area is 142 Å². The lowest BCUT2D eigenvalue weighted by atomic mass is 10.1. The van der Waals surface area contributed by atoms with Gasteiger partial charge in [0.15, 0.2) is 0 Å². The van der Waals surface area contributed by atoms with E-state index in [1.165, 1.54) is 11.1 Å². The van der Waals surface area contributed by atoms with E-state index in [1.807, 2.05) is 29.1 Å². The lowest BCUT2D eigenvalue weighted by Gasteiger charge is -2.25. The first-order chi connectivity index (χ1) is 11.7. The molecule has 0 N–H and O–H groups in total.